The molecule has 4 heteroatoms. The van der Waals surface area contributed by atoms with Crippen molar-refractivity contribution in [3.63, 3.8) is 0 Å². The van der Waals surface area contributed by atoms with Crippen molar-refractivity contribution in [2.75, 3.05) is 0 Å². The Morgan fingerprint density at radius 3 is 1.02 bits per heavy atom. The SMILES string of the molecule is CC(C)c1cc(C(C)C)c2c([Si](C)(C)c3c(C(C)C)[cH-]c4cc(C(C)C)cc(C(C)C)c34)c(C(C)C)[cH-]c2c1.[Cl-].[Cl-].[Zr+4]. The molecular formula is C38H54Cl2SiZr. The number of benzene rings is 2. The molecule has 0 unspecified atom stereocenters. The van der Waals surface area contributed by atoms with Crippen molar-refractivity contribution in [3.05, 3.63) is 69.8 Å². The van der Waals surface area contributed by atoms with E-state index in [1.165, 1.54) is 21.9 Å². The van der Waals surface area contributed by atoms with E-state index in [1.807, 2.05) is 0 Å². The molecule has 0 amide bonds. The average Bonchev–Trinajstić information content (AvgIpc) is 3.42. The molecule has 0 aliphatic carbocycles. The van der Waals surface area contributed by atoms with E-state index in [2.05, 4.69) is 133 Å². The summed E-state index contributed by atoms with van der Waals surface area (Å²) < 4.78 is 0. The molecule has 4 aromatic rings. The first-order valence-corrected chi connectivity index (χ1v) is 18.6. The van der Waals surface area contributed by atoms with Gasteiger partial charge >= 0.3 is 26.2 Å². The quantitative estimate of drug-likeness (QED) is 0.180. The second-order valence-electron chi connectivity index (χ2n) is 14.7. The van der Waals surface area contributed by atoms with E-state index in [-0.39, 0.29) is 51.0 Å². The van der Waals surface area contributed by atoms with Crippen LogP contribution in [-0.4, -0.2) is 8.07 Å². The molecule has 0 bridgehead atoms. The average molecular weight is 701 g/mol. The van der Waals surface area contributed by atoms with Gasteiger partial charge in [-0.2, -0.15) is 10.4 Å². The normalized spacial score (nSPS) is 12.3. The van der Waals surface area contributed by atoms with Crippen LogP contribution < -0.4 is 35.2 Å². The molecule has 0 radical (unpaired) electrons. The molecule has 0 aromatic heterocycles. The van der Waals surface area contributed by atoms with E-state index in [0.29, 0.717) is 35.5 Å². The number of hydrogen-bond donors (Lipinski definition) is 0. The van der Waals surface area contributed by atoms with E-state index >= 15 is 0 Å². The third kappa shape index (κ3) is 6.93. The van der Waals surface area contributed by atoms with Gasteiger partial charge in [0.05, 0.1) is 0 Å². The van der Waals surface area contributed by atoms with Crippen LogP contribution in [0.4, 0.5) is 0 Å². The maximum Gasteiger partial charge on any atom is 4.00 e. The Labute approximate surface area is 290 Å². The molecule has 42 heavy (non-hydrogen) atoms. The molecule has 0 atom stereocenters. The van der Waals surface area contributed by atoms with Crippen LogP contribution in [0, 0.1) is 0 Å². The predicted molar refractivity (Wildman–Crippen MR) is 180 cm³/mol. The Bertz CT molecular complexity index is 1380. The van der Waals surface area contributed by atoms with Crippen LogP contribution in [0.3, 0.4) is 0 Å². The minimum absolute atomic E-state index is 0. The first kappa shape index (κ1) is 39.4. The maximum atomic E-state index is 2.66. The zero-order valence-electron chi connectivity index (χ0n) is 28.7. The van der Waals surface area contributed by atoms with Gasteiger partial charge < -0.3 is 24.8 Å². The number of fused-ring (bicyclic) bond motifs is 2. The summed E-state index contributed by atoms with van der Waals surface area (Å²) in [6, 6.07) is 15.2. The summed E-state index contributed by atoms with van der Waals surface area (Å²) in [5.41, 5.74) is 9.21. The van der Waals surface area contributed by atoms with E-state index in [1.54, 1.807) is 43.4 Å². The van der Waals surface area contributed by atoms with Gasteiger partial charge in [-0.15, -0.1) is 56.9 Å². The maximum absolute atomic E-state index is 2.66. The van der Waals surface area contributed by atoms with Crippen molar-refractivity contribution in [1.29, 1.82) is 0 Å². The van der Waals surface area contributed by atoms with Gasteiger partial charge in [-0.25, -0.2) is 0 Å². The van der Waals surface area contributed by atoms with Gasteiger partial charge in [-0.05, 0) is 35.5 Å². The van der Waals surface area contributed by atoms with Crippen LogP contribution in [0.25, 0.3) is 21.5 Å². The smallest absolute Gasteiger partial charge is 1.00 e. The Morgan fingerprint density at radius 1 is 0.476 bits per heavy atom. The fourth-order valence-electron chi connectivity index (χ4n) is 6.96. The zero-order chi connectivity index (χ0) is 29.1. The van der Waals surface area contributed by atoms with E-state index in [0.717, 1.165) is 0 Å². The summed E-state index contributed by atoms with van der Waals surface area (Å²) in [6.45, 7) is 33.8. The topological polar surface area (TPSA) is 0 Å². The van der Waals surface area contributed by atoms with Gasteiger partial charge in [0.25, 0.3) is 0 Å². The van der Waals surface area contributed by atoms with Gasteiger partial charge in [0.2, 0.25) is 0 Å². The van der Waals surface area contributed by atoms with Crippen LogP contribution in [0.5, 0.6) is 0 Å². The second-order valence-corrected chi connectivity index (χ2v) is 18.9. The Hall–Kier alpha value is -0.660. The van der Waals surface area contributed by atoms with Crippen LogP contribution >= 0.6 is 0 Å². The minimum atomic E-state index is -2.14. The molecule has 0 aliphatic rings. The molecule has 0 saturated heterocycles. The summed E-state index contributed by atoms with van der Waals surface area (Å²) in [6.07, 6.45) is 0. The fourth-order valence-corrected chi connectivity index (χ4v) is 11.2. The van der Waals surface area contributed by atoms with Gasteiger partial charge in [0, 0.05) is 8.07 Å². The number of halogens is 2. The van der Waals surface area contributed by atoms with Crippen LogP contribution in [0.15, 0.2) is 36.4 Å². The van der Waals surface area contributed by atoms with Crippen molar-refractivity contribution >= 4 is 40.0 Å². The monoisotopic (exact) mass is 698 g/mol. The van der Waals surface area contributed by atoms with Crippen molar-refractivity contribution in [2.45, 2.75) is 132 Å². The number of rotatable bonds is 8. The van der Waals surface area contributed by atoms with Gasteiger partial charge in [-0.1, -0.05) is 131 Å². The predicted octanol–water partition coefficient (Wildman–Crippen LogP) is 5.00. The summed E-state index contributed by atoms with van der Waals surface area (Å²) in [5, 5.41) is 9.48. The van der Waals surface area contributed by atoms with Crippen molar-refractivity contribution < 1.29 is 51.0 Å². The molecule has 4 rings (SSSR count). The molecule has 4 aromatic carbocycles. The molecule has 0 fully saturated rings. The van der Waals surface area contributed by atoms with Crippen LogP contribution in [-0.2, 0) is 26.2 Å². The van der Waals surface area contributed by atoms with Gasteiger partial charge in [0.1, 0.15) is 0 Å². The minimum Gasteiger partial charge on any atom is -1.00 e. The molecule has 0 saturated carbocycles. The molecule has 0 aliphatic heterocycles. The van der Waals surface area contributed by atoms with Crippen molar-refractivity contribution in [2.24, 2.45) is 0 Å². The summed E-state index contributed by atoms with van der Waals surface area (Å²) in [5.74, 6) is 3.07. The molecule has 228 valence electrons. The zero-order valence-corrected chi connectivity index (χ0v) is 33.7. The first-order valence-electron chi connectivity index (χ1n) is 15.6. The molecule has 0 spiro atoms. The largest absolute Gasteiger partial charge is 4.00 e. The summed E-state index contributed by atoms with van der Waals surface area (Å²) >= 11 is 0. The van der Waals surface area contributed by atoms with E-state index in [4.69, 9.17) is 0 Å². The Morgan fingerprint density at radius 2 is 0.786 bits per heavy atom. The van der Waals surface area contributed by atoms with Crippen LogP contribution in [0.1, 0.15) is 152 Å². The Kier molecular flexibility index (Phi) is 13.7. The summed E-state index contributed by atoms with van der Waals surface area (Å²) in [7, 11) is -2.14. The second kappa shape index (κ2) is 14.6. The molecular weight excluding hydrogens is 647 g/mol. The van der Waals surface area contributed by atoms with E-state index in [9.17, 15) is 0 Å². The number of hydrogen-bond acceptors (Lipinski definition) is 0. The van der Waals surface area contributed by atoms with Crippen molar-refractivity contribution in [1.82, 2.24) is 0 Å². The fraction of sp³-hybridized carbons (Fsp3) is 0.526. The summed E-state index contributed by atoms with van der Waals surface area (Å²) in [4.78, 5) is 0. The van der Waals surface area contributed by atoms with Crippen LogP contribution in [0.2, 0.25) is 13.1 Å². The Balaban J connectivity index is 0.00000294. The first-order chi connectivity index (χ1) is 18.1. The molecule has 0 nitrogen and oxygen atoms in total. The van der Waals surface area contributed by atoms with Gasteiger partial charge in [-0.3, -0.25) is 0 Å². The standard InChI is InChI=1S/C38H54Si.2ClH.Zr/c1-21(2)27-15-29-19-33(25(9)10)37(35(29)31(17-27)23(5)6)39(13,14)38-34(26(11)12)20-30-16-28(22(3)4)18-32(24(7)8)36(30)38;;;/h15-26H,1-14H3;2*1H;/q-2;;;+4/p-2. The van der Waals surface area contributed by atoms with E-state index < -0.39 is 8.07 Å². The third-order valence-corrected chi connectivity index (χ3v) is 12.8. The third-order valence-electron chi connectivity index (χ3n) is 9.21. The van der Waals surface area contributed by atoms with Gasteiger partial charge in [0.15, 0.2) is 0 Å². The van der Waals surface area contributed by atoms with Crippen molar-refractivity contribution in [3.8, 4) is 0 Å². The molecule has 0 N–H and O–H groups in total. The molecule has 0 heterocycles.